The summed E-state index contributed by atoms with van der Waals surface area (Å²) in [6, 6.07) is 7.55. The van der Waals surface area contributed by atoms with Crippen LogP contribution in [0.4, 0.5) is 0 Å². The van der Waals surface area contributed by atoms with Crippen molar-refractivity contribution in [2.45, 2.75) is 25.5 Å². The van der Waals surface area contributed by atoms with Gasteiger partial charge in [-0.2, -0.15) is 0 Å². The molecular formula is C19H23NO6S. The Bertz CT molecular complexity index is 831. The Morgan fingerprint density at radius 3 is 2.56 bits per heavy atom. The van der Waals surface area contributed by atoms with Crippen LogP contribution in [0.25, 0.3) is 0 Å². The van der Waals surface area contributed by atoms with E-state index in [0.717, 1.165) is 6.42 Å². The maximum Gasteiger partial charge on any atom is 0.335 e. The van der Waals surface area contributed by atoms with Gasteiger partial charge in [0.1, 0.15) is 5.75 Å². The van der Waals surface area contributed by atoms with Crippen LogP contribution in [-0.4, -0.2) is 39.2 Å². The summed E-state index contributed by atoms with van der Waals surface area (Å²) in [6.45, 7) is 2.81. The van der Waals surface area contributed by atoms with Crippen molar-refractivity contribution in [2.75, 3.05) is 19.0 Å². The van der Waals surface area contributed by atoms with Gasteiger partial charge >= 0.3 is 5.97 Å². The molecule has 8 heteroatoms. The van der Waals surface area contributed by atoms with Crippen LogP contribution in [-0.2, 0) is 16.6 Å². The molecule has 0 bridgehead atoms. The zero-order valence-electron chi connectivity index (χ0n) is 15.1. The summed E-state index contributed by atoms with van der Waals surface area (Å²) in [5.41, 5.74) is 0.582. The van der Waals surface area contributed by atoms with Crippen LogP contribution in [0.3, 0.4) is 0 Å². The number of carbonyl (C=O) groups is 1. The van der Waals surface area contributed by atoms with Crippen LogP contribution in [0.5, 0.6) is 11.5 Å². The summed E-state index contributed by atoms with van der Waals surface area (Å²) < 4.78 is 23.0. The highest BCUT2D eigenvalue weighted by Gasteiger charge is 2.07. The summed E-state index contributed by atoms with van der Waals surface area (Å²) >= 11 is 0. The lowest BCUT2D eigenvalue weighted by Crippen LogP contribution is -2.12. The quantitative estimate of drug-likeness (QED) is 0.569. The van der Waals surface area contributed by atoms with E-state index in [-0.39, 0.29) is 22.5 Å². The van der Waals surface area contributed by atoms with Crippen molar-refractivity contribution in [1.82, 2.24) is 4.98 Å². The van der Waals surface area contributed by atoms with E-state index in [1.165, 1.54) is 24.4 Å². The van der Waals surface area contributed by atoms with Gasteiger partial charge in [-0.1, -0.05) is 6.92 Å². The molecule has 2 N–H and O–H groups in total. The van der Waals surface area contributed by atoms with Crippen LogP contribution < -0.4 is 14.9 Å². The number of carboxylic acids is 1. The van der Waals surface area contributed by atoms with Crippen molar-refractivity contribution < 1.29 is 23.6 Å². The Morgan fingerprint density at radius 1 is 1.19 bits per heavy atom. The number of ether oxygens (including phenoxy) is 2. The van der Waals surface area contributed by atoms with E-state index in [2.05, 4.69) is 4.98 Å². The van der Waals surface area contributed by atoms with Gasteiger partial charge in [-0.3, -0.25) is 9.00 Å². The number of benzene rings is 1. The van der Waals surface area contributed by atoms with E-state index in [0.29, 0.717) is 36.8 Å². The first-order chi connectivity index (χ1) is 13.0. The largest absolute Gasteiger partial charge is 0.494 e. The van der Waals surface area contributed by atoms with Gasteiger partial charge in [0.05, 0.1) is 24.5 Å². The Labute approximate surface area is 159 Å². The van der Waals surface area contributed by atoms with Crippen molar-refractivity contribution in [3.8, 4) is 11.5 Å². The van der Waals surface area contributed by atoms with Gasteiger partial charge in [-0.15, -0.1) is 0 Å². The minimum absolute atomic E-state index is 0.198. The molecule has 7 nitrogen and oxygen atoms in total. The topological polar surface area (TPSA) is 106 Å². The summed E-state index contributed by atoms with van der Waals surface area (Å²) in [5, 5.41) is 8.84. The lowest BCUT2D eigenvalue weighted by Gasteiger charge is -2.07. The minimum Gasteiger partial charge on any atom is -0.494 e. The fourth-order valence-corrected chi connectivity index (χ4v) is 3.36. The van der Waals surface area contributed by atoms with Gasteiger partial charge in [0.25, 0.3) is 0 Å². The first-order valence-corrected chi connectivity index (χ1v) is 10.1. The van der Waals surface area contributed by atoms with E-state index in [1.807, 2.05) is 6.92 Å². The summed E-state index contributed by atoms with van der Waals surface area (Å²) in [4.78, 5) is 25.6. The maximum atomic E-state index is 12.1. The molecule has 1 aromatic heterocycles. The number of hydrogen-bond acceptors (Lipinski definition) is 5. The molecule has 27 heavy (non-hydrogen) atoms. The molecule has 0 aliphatic rings. The molecule has 1 heterocycles. The molecule has 0 aliphatic heterocycles. The highest BCUT2D eigenvalue weighted by molar-refractivity contribution is 7.84. The van der Waals surface area contributed by atoms with E-state index in [9.17, 15) is 13.8 Å². The van der Waals surface area contributed by atoms with Gasteiger partial charge < -0.3 is 19.6 Å². The third-order valence-electron chi connectivity index (χ3n) is 3.60. The van der Waals surface area contributed by atoms with Gasteiger partial charge in [0, 0.05) is 34.5 Å². The molecule has 146 valence electrons. The highest BCUT2D eigenvalue weighted by Crippen LogP contribution is 2.12. The molecular weight excluding hydrogens is 370 g/mol. The number of hydrogen-bond donors (Lipinski definition) is 2. The van der Waals surface area contributed by atoms with Crippen LogP contribution in [0.2, 0.25) is 0 Å². The number of aromatic nitrogens is 1. The van der Waals surface area contributed by atoms with Crippen LogP contribution in [0.1, 0.15) is 35.8 Å². The molecule has 0 spiro atoms. The zero-order chi connectivity index (χ0) is 19.6. The van der Waals surface area contributed by atoms with Gasteiger partial charge in [-0.05, 0) is 37.1 Å². The molecule has 2 aromatic rings. The van der Waals surface area contributed by atoms with E-state index >= 15 is 0 Å². The molecule has 2 rings (SSSR count). The Morgan fingerprint density at radius 2 is 1.93 bits per heavy atom. The number of nitrogens with one attached hydrogen (secondary N) is 1. The molecule has 1 aromatic carbocycles. The average Bonchev–Trinajstić information content (AvgIpc) is 2.65. The molecule has 0 radical (unpaired) electrons. The fourth-order valence-electron chi connectivity index (χ4n) is 2.26. The van der Waals surface area contributed by atoms with Crippen molar-refractivity contribution in [3.63, 3.8) is 0 Å². The summed E-state index contributed by atoms with van der Waals surface area (Å²) in [5.74, 6) is 0.548. The first kappa shape index (κ1) is 20.7. The Hall–Kier alpha value is -2.61. The molecule has 1 unspecified atom stereocenters. The third-order valence-corrected chi connectivity index (χ3v) is 4.98. The van der Waals surface area contributed by atoms with Crippen LogP contribution in [0.15, 0.2) is 41.3 Å². The number of aromatic carboxylic acids is 1. The maximum absolute atomic E-state index is 12.1. The SMILES string of the molecule is CCCOc1c[nH]c(CS(=O)CCCOc2ccc(C(=O)O)cc2)cc1=O. The molecule has 0 aliphatic carbocycles. The smallest absolute Gasteiger partial charge is 0.335 e. The summed E-state index contributed by atoms with van der Waals surface area (Å²) in [6.07, 6.45) is 2.90. The number of H-pyrrole nitrogens is 1. The van der Waals surface area contributed by atoms with E-state index in [4.69, 9.17) is 14.6 Å². The second-order valence-corrected chi connectivity index (χ2v) is 7.43. The van der Waals surface area contributed by atoms with E-state index in [1.54, 1.807) is 12.1 Å². The molecule has 1 atom stereocenters. The normalized spacial score (nSPS) is 11.7. The van der Waals surface area contributed by atoms with E-state index < -0.39 is 16.8 Å². The predicted molar refractivity (Wildman–Crippen MR) is 103 cm³/mol. The number of carboxylic acid groups (broad SMARTS) is 1. The molecule has 0 amide bonds. The lowest BCUT2D eigenvalue weighted by atomic mass is 10.2. The third kappa shape index (κ3) is 6.90. The van der Waals surface area contributed by atoms with Gasteiger partial charge in [-0.25, -0.2) is 4.79 Å². The minimum atomic E-state index is -1.13. The monoisotopic (exact) mass is 393 g/mol. The first-order valence-electron chi connectivity index (χ1n) is 8.65. The van der Waals surface area contributed by atoms with Crippen LogP contribution >= 0.6 is 0 Å². The predicted octanol–water partition coefficient (Wildman–Crippen LogP) is 2.58. The Balaban J connectivity index is 1.73. The molecule has 0 fully saturated rings. The van der Waals surface area contributed by atoms with Crippen molar-refractivity contribution in [3.05, 3.63) is 58.0 Å². The second-order valence-electron chi connectivity index (χ2n) is 5.86. The van der Waals surface area contributed by atoms with Crippen molar-refractivity contribution >= 4 is 16.8 Å². The zero-order valence-corrected chi connectivity index (χ0v) is 15.9. The second kappa shape index (κ2) is 10.5. The number of rotatable bonds is 11. The standard InChI is InChI=1S/C19H23NO6S/c1-2-8-26-18-12-20-15(11-17(18)21)13-27(24)10-3-9-25-16-6-4-14(5-7-16)19(22)23/h4-7,11-12H,2-3,8-10,13H2,1H3,(H,20,21)(H,22,23). The van der Waals surface area contributed by atoms with Crippen molar-refractivity contribution in [1.29, 1.82) is 0 Å². The highest BCUT2D eigenvalue weighted by atomic mass is 32.2. The number of pyridine rings is 1. The molecule has 0 saturated heterocycles. The van der Waals surface area contributed by atoms with Gasteiger partial charge in [0.15, 0.2) is 5.75 Å². The van der Waals surface area contributed by atoms with Crippen molar-refractivity contribution in [2.24, 2.45) is 0 Å². The fraction of sp³-hybridized carbons (Fsp3) is 0.368. The summed E-state index contributed by atoms with van der Waals surface area (Å²) in [7, 11) is -1.13. The molecule has 0 saturated carbocycles. The van der Waals surface area contributed by atoms with Crippen LogP contribution in [0, 0.1) is 0 Å². The Kier molecular flexibility index (Phi) is 8.06. The average molecular weight is 393 g/mol. The number of aromatic amines is 1. The lowest BCUT2D eigenvalue weighted by molar-refractivity contribution is 0.0697. The van der Waals surface area contributed by atoms with Gasteiger partial charge in [0.2, 0.25) is 5.43 Å².